The summed E-state index contributed by atoms with van der Waals surface area (Å²) in [5.41, 5.74) is 2.41. The smallest absolute Gasteiger partial charge is 0.337 e. The van der Waals surface area contributed by atoms with Gasteiger partial charge < -0.3 is 14.2 Å². The molecular weight excluding hydrogens is 519 g/mol. The number of methoxy groups -OCH3 is 2. The number of aliphatic imine (C=N–C) groups is 1. The molecule has 190 valence electrons. The highest BCUT2D eigenvalue weighted by Crippen LogP contribution is 2.39. The lowest BCUT2D eigenvalue weighted by Gasteiger charge is -2.13. The molecule has 1 aliphatic rings. The number of esters is 1. The van der Waals surface area contributed by atoms with Gasteiger partial charge in [0, 0.05) is 7.05 Å². The van der Waals surface area contributed by atoms with Gasteiger partial charge in [-0.15, -0.1) is 0 Å². The molecule has 3 aromatic carbocycles. The normalized spacial score (nSPS) is 15.4. The molecule has 7 nitrogen and oxygen atoms in total. The van der Waals surface area contributed by atoms with Crippen LogP contribution >= 0.6 is 23.4 Å². The van der Waals surface area contributed by atoms with Crippen molar-refractivity contribution < 1.29 is 28.2 Å². The van der Waals surface area contributed by atoms with Gasteiger partial charge in [-0.1, -0.05) is 23.7 Å². The van der Waals surface area contributed by atoms with Gasteiger partial charge in [0.15, 0.2) is 16.7 Å². The highest BCUT2D eigenvalue weighted by Gasteiger charge is 2.30. The van der Waals surface area contributed by atoms with Gasteiger partial charge in [-0.3, -0.25) is 9.69 Å². The minimum absolute atomic E-state index is 0.177. The number of thioether (sulfide) groups is 1. The topological polar surface area (TPSA) is 77.4 Å². The lowest BCUT2D eigenvalue weighted by molar-refractivity contribution is -0.121. The van der Waals surface area contributed by atoms with Crippen LogP contribution in [0.5, 0.6) is 11.5 Å². The van der Waals surface area contributed by atoms with E-state index in [-0.39, 0.29) is 18.3 Å². The van der Waals surface area contributed by atoms with E-state index in [0.29, 0.717) is 43.4 Å². The number of halogens is 2. The molecule has 0 saturated carbocycles. The summed E-state index contributed by atoms with van der Waals surface area (Å²) in [4.78, 5) is 30.9. The van der Waals surface area contributed by atoms with Gasteiger partial charge in [0.2, 0.25) is 0 Å². The molecule has 1 fully saturated rings. The molecule has 0 atom stereocenters. The first-order chi connectivity index (χ1) is 17.8. The van der Waals surface area contributed by atoms with Gasteiger partial charge in [0.1, 0.15) is 12.4 Å². The van der Waals surface area contributed by atoms with E-state index in [1.165, 1.54) is 43.0 Å². The van der Waals surface area contributed by atoms with E-state index in [0.717, 1.165) is 5.56 Å². The maximum Gasteiger partial charge on any atom is 0.337 e. The van der Waals surface area contributed by atoms with Crippen molar-refractivity contribution in [3.8, 4) is 11.5 Å². The van der Waals surface area contributed by atoms with Crippen molar-refractivity contribution in [2.45, 2.75) is 6.61 Å². The van der Waals surface area contributed by atoms with Gasteiger partial charge >= 0.3 is 5.97 Å². The van der Waals surface area contributed by atoms with Gasteiger partial charge in [-0.05, 0) is 77.5 Å². The quantitative estimate of drug-likeness (QED) is 0.267. The van der Waals surface area contributed by atoms with Crippen molar-refractivity contribution in [3.05, 3.63) is 93.1 Å². The predicted molar refractivity (Wildman–Crippen MR) is 142 cm³/mol. The van der Waals surface area contributed by atoms with Crippen LogP contribution in [-0.2, 0) is 16.1 Å². The van der Waals surface area contributed by atoms with Crippen molar-refractivity contribution in [2.75, 3.05) is 21.3 Å². The van der Waals surface area contributed by atoms with Crippen molar-refractivity contribution in [1.82, 2.24) is 4.90 Å². The van der Waals surface area contributed by atoms with Crippen LogP contribution in [0.1, 0.15) is 21.5 Å². The van der Waals surface area contributed by atoms with Crippen molar-refractivity contribution in [3.63, 3.8) is 0 Å². The SMILES string of the molecule is COC(=O)c1ccc(N=C2SC(=Cc3cc(Cl)c(OCc4ccc(F)cc4)c(OC)c3)C(=O)N2C)cc1. The van der Waals surface area contributed by atoms with Crippen LogP contribution in [0.3, 0.4) is 0 Å². The first-order valence-corrected chi connectivity index (χ1v) is 12.2. The molecule has 3 aromatic rings. The van der Waals surface area contributed by atoms with Crippen molar-refractivity contribution >= 4 is 52.2 Å². The molecular formula is C27H22ClFN2O5S. The first kappa shape index (κ1) is 26.2. The van der Waals surface area contributed by atoms with Crippen LogP contribution < -0.4 is 9.47 Å². The zero-order chi connectivity index (χ0) is 26.5. The molecule has 0 unspecified atom stereocenters. The maximum atomic E-state index is 13.1. The summed E-state index contributed by atoms with van der Waals surface area (Å²) in [5, 5.41) is 0.788. The number of nitrogens with zero attached hydrogens (tertiary/aromatic N) is 2. The van der Waals surface area contributed by atoms with Gasteiger partial charge in [0.25, 0.3) is 5.91 Å². The van der Waals surface area contributed by atoms with Crippen LogP contribution in [0, 0.1) is 5.82 Å². The fourth-order valence-corrected chi connectivity index (χ4v) is 4.66. The Morgan fingerprint density at radius 1 is 1.11 bits per heavy atom. The molecule has 4 rings (SSSR count). The van der Waals surface area contributed by atoms with E-state index >= 15 is 0 Å². The van der Waals surface area contributed by atoms with Gasteiger partial charge in [-0.25, -0.2) is 14.2 Å². The number of amides is 1. The maximum absolute atomic E-state index is 13.1. The summed E-state index contributed by atoms with van der Waals surface area (Å²) in [7, 11) is 4.45. The number of carbonyl (C=O) groups is 2. The zero-order valence-corrected chi connectivity index (χ0v) is 21.7. The van der Waals surface area contributed by atoms with Gasteiger partial charge in [0.05, 0.1) is 35.4 Å². The summed E-state index contributed by atoms with van der Waals surface area (Å²) < 4.78 is 29.1. The Kier molecular flexibility index (Phi) is 8.15. The number of likely N-dealkylation sites (N-methyl/N-ethyl adjacent to an activating group) is 1. The second-order valence-corrected chi connectivity index (χ2v) is 9.27. The van der Waals surface area contributed by atoms with E-state index in [4.69, 9.17) is 25.8 Å². The summed E-state index contributed by atoms with van der Waals surface area (Å²) >= 11 is 7.70. The summed E-state index contributed by atoms with van der Waals surface area (Å²) in [5.74, 6) is -0.248. The van der Waals surface area contributed by atoms with Crippen LogP contribution in [0.15, 0.2) is 70.6 Å². The van der Waals surface area contributed by atoms with Crippen LogP contribution in [-0.4, -0.2) is 43.2 Å². The third-order valence-electron chi connectivity index (χ3n) is 5.36. The molecule has 0 bridgehead atoms. The number of rotatable bonds is 7. The van der Waals surface area contributed by atoms with Crippen molar-refractivity contribution in [1.29, 1.82) is 0 Å². The standard InChI is InChI=1S/C27H22ClFN2O5S/c1-31-25(32)23(37-27(31)30-20-10-6-18(7-11-20)26(33)35-3)14-17-12-21(28)24(22(13-17)34-2)36-15-16-4-8-19(29)9-5-16/h4-14H,15H2,1-3H3. The molecule has 1 aliphatic heterocycles. The summed E-state index contributed by atoms with van der Waals surface area (Å²) in [6, 6.07) is 15.9. The van der Waals surface area contributed by atoms with E-state index in [1.54, 1.807) is 61.7 Å². The molecule has 0 N–H and O–H groups in total. The molecule has 0 aromatic heterocycles. The molecule has 0 radical (unpaired) electrons. The number of hydrogen-bond donors (Lipinski definition) is 0. The van der Waals surface area contributed by atoms with Crippen molar-refractivity contribution in [2.24, 2.45) is 4.99 Å². The minimum Gasteiger partial charge on any atom is -0.493 e. The Labute approximate surface area is 222 Å². The fraction of sp³-hybridized carbons (Fsp3) is 0.148. The second kappa shape index (κ2) is 11.5. The number of hydrogen-bond acceptors (Lipinski definition) is 7. The highest BCUT2D eigenvalue weighted by molar-refractivity contribution is 8.18. The van der Waals surface area contributed by atoms with Gasteiger partial charge in [-0.2, -0.15) is 0 Å². The van der Waals surface area contributed by atoms with E-state index < -0.39 is 5.97 Å². The Bertz CT molecular complexity index is 1390. The minimum atomic E-state index is -0.437. The molecule has 0 aliphatic carbocycles. The number of benzene rings is 3. The number of ether oxygens (including phenoxy) is 3. The highest BCUT2D eigenvalue weighted by atomic mass is 35.5. The van der Waals surface area contributed by atoms with Crippen LogP contribution in [0.25, 0.3) is 6.08 Å². The van der Waals surface area contributed by atoms with Crippen LogP contribution in [0.2, 0.25) is 5.02 Å². The number of amidine groups is 1. The fourth-order valence-electron chi connectivity index (χ4n) is 3.40. The van der Waals surface area contributed by atoms with E-state index in [1.807, 2.05) is 0 Å². The third kappa shape index (κ3) is 6.12. The van der Waals surface area contributed by atoms with E-state index in [9.17, 15) is 14.0 Å². The summed E-state index contributed by atoms with van der Waals surface area (Å²) in [6.45, 7) is 0.177. The largest absolute Gasteiger partial charge is 0.493 e. The number of carbonyl (C=O) groups excluding carboxylic acids is 2. The molecule has 1 saturated heterocycles. The Balaban J connectivity index is 1.54. The van der Waals surface area contributed by atoms with Crippen LogP contribution in [0.4, 0.5) is 10.1 Å². The molecule has 1 heterocycles. The average Bonchev–Trinajstić information content (AvgIpc) is 3.16. The predicted octanol–water partition coefficient (Wildman–Crippen LogP) is 6.09. The Morgan fingerprint density at radius 2 is 1.81 bits per heavy atom. The Hall–Kier alpha value is -3.82. The van der Waals surface area contributed by atoms with E-state index in [2.05, 4.69) is 4.99 Å². The zero-order valence-electron chi connectivity index (χ0n) is 20.2. The lowest BCUT2D eigenvalue weighted by atomic mass is 10.1. The molecule has 10 heteroatoms. The molecule has 0 spiro atoms. The monoisotopic (exact) mass is 540 g/mol. The third-order valence-corrected chi connectivity index (χ3v) is 6.70. The molecule has 1 amide bonds. The lowest BCUT2D eigenvalue weighted by Crippen LogP contribution is -2.23. The molecule has 37 heavy (non-hydrogen) atoms. The Morgan fingerprint density at radius 3 is 2.46 bits per heavy atom. The first-order valence-electron chi connectivity index (χ1n) is 11.0. The summed E-state index contributed by atoms with van der Waals surface area (Å²) in [6.07, 6.45) is 1.70. The average molecular weight is 541 g/mol. The second-order valence-electron chi connectivity index (χ2n) is 7.86.